The summed E-state index contributed by atoms with van der Waals surface area (Å²) in [6.45, 7) is 1.07. The molecule has 2 N–H and O–H groups in total. The fourth-order valence-corrected chi connectivity index (χ4v) is 3.39. The van der Waals surface area contributed by atoms with Gasteiger partial charge < -0.3 is 20.3 Å². The summed E-state index contributed by atoms with van der Waals surface area (Å²) in [5, 5.41) is 6.14. The van der Waals surface area contributed by atoms with E-state index in [0.29, 0.717) is 40.7 Å². The summed E-state index contributed by atoms with van der Waals surface area (Å²) < 4.78 is 5.14. The minimum atomic E-state index is -0.317. The molecular weight excluding hydrogens is 430 g/mol. The number of rotatable bonds is 5. The highest BCUT2D eigenvalue weighted by molar-refractivity contribution is 6.30. The van der Waals surface area contributed by atoms with Crippen LogP contribution in [0.4, 0.5) is 17.1 Å². The average Bonchev–Trinajstić information content (AvgIpc) is 2.80. The number of carbonyl (C=O) groups excluding carboxylic acids is 3. The van der Waals surface area contributed by atoms with Gasteiger partial charge in [-0.25, -0.2) is 0 Å². The van der Waals surface area contributed by atoms with Crippen molar-refractivity contribution in [3.8, 4) is 0 Å². The first-order chi connectivity index (χ1) is 15.5. The van der Waals surface area contributed by atoms with Gasteiger partial charge in [0.15, 0.2) is 0 Å². The van der Waals surface area contributed by atoms with E-state index in [9.17, 15) is 14.4 Å². The molecule has 1 fully saturated rings. The van der Waals surface area contributed by atoms with E-state index in [0.717, 1.165) is 5.69 Å². The van der Waals surface area contributed by atoms with E-state index in [-0.39, 0.29) is 24.3 Å². The van der Waals surface area contributed by atoms with Crippen LogP contribution in [0, 0.1) is 0 Å². The van der Waals surface area contributed by atoms with Gasteiger partial charge in [0.1, 0.15) is 6.61 Å². The van der Waals surface area contributed by atoms with E-state index in [1.165, 1.54) is 0 Å². The fraction of sp³-hybridized carbons (Fsp3) is 0.125. The Morgan fingerprint density at radius 2 is 1.53 bits per heavy atom. The SMILES string of the molecule is O=C(Nc1cccc(C(=O)Nc2ccc(N3CCOCC3=O)cc2)c1)c1ccc(Cl)cc1. The quantitative estimate of drug-likeness (QED) is 0.610. The number of benzene rings is 3. The zero-order chi connectivity index (χ0) is 22.5. The summed E-state index contributed by atoms with van der Waals surface area (Å²) in [6.07, 6.45) is 0. The highest BCUT2D eigenvalue weighted by atomic mass is 35.5. The smallest absolute Gasteiger partial charge is 0.255 e. The van der Waals surface area contributed by atoms with Crippen molar-refractivity contribution >= 4 is 46.4 Å². The lowest BCUT2D eigenvalue weighted by Gasteiger charge is -2.26. The number of amides is 3. The summed E-state index contributed by atoms with van der Waals surface area (Å²) in [4.78, 5) is 38.7. The average molecular weight is 450 g/mol. The minimum Gasteiger partial charge on any atom is -0.370 e. The van der Waals surface area contributed by atoms with Crippen molar-refractivity contribution in [2.75, 3.05) is 35.3 Å². The van der Waals surface area contributed by atoms with Crippen LogP contribution in [-0.4, -0.2) is 37.5 Å². The summed E-state index contributed by atoms with van der Waals surface area (Å²) >= 11 is 5.85. The van der Waals surface area contributed by atoms with Gasteiger partial charge in [-0.2, -0.15) is 0 Å². The van der Waals surface area contributed by atoms with Crippen molar-refractivity contribution in [3.63, 3.8) is 0 Å². The molecule has 0 saturated carbocycles. The van der Waals surface area contributed by atoms with Crippen LogP contribution in [0.5, 0.6) is 0 Å². The zero-order valence-corrected chi connectivity index (χ0v) is 17.8. The molecule has 0 radical (unpaired) electrons. The first kappa shape index (κ1) is 21.5. The van der Waals surface area contributed by atoms with Crippen LogP contribution in [0.3, 0.4) is 0 Å². The maximum Gasteiger partial charge on any atom is 0.255 e. The van der Waals surface area contributed by atoms with Crippen LogP contribution in [0.25, 0.3) is 0 Å². The van der Waals surface area contributed by atoms with E-state index in [1.807, 2.05) is 0 Å². The standard InChI is InChI=1S/C24H20ClN3O4/c25-18-6-4-16(5-7-18)23(30)27-20-3-1-2-17(14-20)24(31)26-19-8-10-21(11-9-19)28-12-13-32-15-22(28)29/h1-11,14H,12-13,15H2,(H,26,31)(H,27,30). The summed E-state index contributed by atoms with van der Waals surface area (Å²) in [7, 11) is 0. The van der Waals surface area contributed by atoms with Crippen LogP contribution in [-0.2, 0) is 9.53 Å². The molecule has 0 aliphatic carbocycles. The number of nitrogens with one attached hydrogen (secondary N) is 2. The second kappa shape index (κ2) is 9.64. The number of ether oxygens (including phenoxy) is 1. The topological polar surface area (TPSA) is 87.7 Å². The van der Waals surface area contributed by atoms with Gasteiger partial charge in [-0.3, -0.25) is 14.4 Å². The van der Waals surface area contributed by atoms with Gasteiger partial charge >= 0.3 is 0 Å². The van der Waals surface area contributed by atoms with Crippen LogP contribution in [0.15, 0.2) is 72.8 Å². The summed E-state index contributed by atoms with van der Waals surface area (Å²) in [6, 6.07) is 20.2. The number of morpholine rings is 1. The Kier molecular flexibility index (Phi) is 6.49. The lowest BCUT2D eigenvalue weighted by Crippen LogP contribution is -2.41. The molecule has 0 bridgehead atoms. The van der Waals surface area contributed by atoms with Gasteiger partial charge in [-0.15, -0.1) is 0 Å². The fourth-order valence-electron chi connectivity index (χ4n) is 3.26. The molecule has 0 aromatic heterocycles. The Hall–Kier alpha value is -3.68. The lowest BCUT2D eigenvalue weighted by molar-refractivity contribution is -0.125. The van der Waals surface area contributed by atoms with E-state index in [1.54, 1.807) is 77.7 Å². The van der Waals surface area contributed by atoms with Crippen LogP contribution < -0.4 is 15.5 Å². The van der Waals surface area contributed by atoms with E-state index < -0.39 is 0 Å². The predicted octanol–water partition coefficient (Wildman–Crippen LogP) is 4.21. The molecule has 3 aromatic rings. The van der Waals surface area contributed by atoms with Crippen LogP contribution in [0.2, 0.25) is 5.02 Å². The number of hydrogen-bond donors (Lipinski definition) is 2. The summed E-state index contributed by atoms with van der Waals surface area (Å²) in [5.41, 5.74) is 2.70. The zero-order valence-electron chi connectivity index (χ0n) is 17.0. The van der Waals surface area contributed by atoms with Gasteiger partial charge in [0.25, 0.3) is 17.7 Å². The Morgan fingerprint density at radius 1 is 0.844 bits per heavy atom. The molecule has 3 amide bonds. The van der Waals surface area contributed by atoms with Gasteiger partial charge in [0, 0.05) is 39.8 Å². The molecule has 4 rings (SSSR count). The highest BCUT2D eigenvalue weighted by Crippen LogP contribution is 2.21. The minimum absolute atomic E-state index is 0.0728. The third-order valence-electron chi connectivity index (χ3n) is 4.91. The maximum atomic E-state index is 12.7. The lowest BCUT2D eigenvalue weighted by atomic mass is 10.1. The molecule has 1 aliphatic heterocycles. The molecule has 32 heavy (non-hydrogen) atoms. The van der Waals surface area contributed by atoms with Crippen molar-refractivity contribution in [1.29, 1.82) is 0 Å². The molecular formula is C24H20ClN3O4. The molecule has 0 spiro atoms. The van der Waals surface area contributed by atoms with Crippen molar-refractivity contribution in [3.05, 3.63) is 88.9 Å². The molecule has 1 aliphatic rings. The second-order valence-corrected chi connectivity index (χ2v) is 7.58. The van der Waals surface area contributed by atoms with Crippen molar-refractivity contribution in [1.82, 2.24) is 0 Å². The Labute approximate surface area is 189 Å². The molecule has 0 unspecified atom stereocenters. The molecule has 1 saturated heterocycles. The number of anilines is 3. The van der Waals surface area contributed by atoms with Crippen molar-refractivity contribution < 1.29 is 19.1 Å². The van der Waals surface area contributed by atoms with E-state index >= 15 is 0 Å². The second-order valence-electron chi connectivity index (χ2n) is 7.14. The van der Waals surface area contributed by atoms with E-state index in [2.05, 4.69) is 10.6 Å². The number of hydrogen-bond acceptors (Lipinski definition) is 4. The van der Waals surface area contributed by atoms with Gasteiger partial charge in [-0.05, 0) is 66.7 Å². The third kappa shape index (κ3) is 5.14. The highest BCUT2D eigenvalue weighted by Gasteiger charge is 2.20. The van der Waals surface area contributed by atoms with Crippen molar-refractivity contribution in [2.24, 2.45) is 0 Å². The van der Waals surface area contributed by atoms with Crippen molar-refractivity contribution in [2.45, 2.75) is 0 Å². The third-order valence-corrected chi connectivity index (χ3v) is 5.16. The normalized spacial score (nSPS) is 13.5. The monoisotopic (exact) mass is 449 g/mol. The number of carbonyl (C=O) groups is 3. The van der Waals surface area contributed by atoms with E-state index in [4.69, 9.17) is 16.3 Å². The Bertz CT molecular complexity index is 1150. The molecule has 0 atom stereocenters. The number of halogens is 1. The first-order valence-corrected chi connectivity index (χ1v) is 10.3. The molecule has 7 nitrogen and oxygen atoms in total. The maximum absolute atomic E-state index is 12.7. The summed E-state index contributed by atoms with van der Waals surface area (Å²) in [5.74, 6) is -0.708. The van der Waals surface area contributed by atoms with Gasteiger partial charge in [-0.1, -0.05) is 17.7 Å². The molecule has 1 heterocycles. The predicted molar refractivity (Wildman–Crippen MR) is 123 cm³/mol. The van der Waals surface area contributed by atoms with Gasteiger partial charge in [0.05, 0.1) is 6.61 Å². The largest absolute Gasteiger partial charge is 0.370 e. The first-order valence-electron chi connectivity index (χ1n) is 9.96. The Morgan fingerprint density at radius 3 is 2.25 bits per heavy atom. The molecule has 3 aromatic carbocycles. The van der Waals surface area contributed by atoms with Gasteiger partial charge in [0.2, 0.25) is 0 Å². The van der Waals surface area contributed by atoms with Crippen LogP contribution in [0.1, 0.15) is 20.7 Å². The molecule has 8 heteroatoms. The number of nitrogens with zero attached hydrogens (tertiary/aromatic N) is 1. The molecule has 162 valence electrons. The Balaban J connectivity index is 1.41. The van der Waals surface area contributed by atoms with Crippen LogP contribution >= 0.6 is 11.6 Å².